The van der Waals surface area contributed by atoms with Gasteiger partial charge in [0, 0.05) is 18.6 Å². The van der Waals surface area contributed by atoms with Crippen LogP contribution in [-0.4, -0.2) is 36.6 Å². The van der Waals surface area contributed by atoms with E-state index in [0.717, 1.165) is 18.0 Å². The minimum atomic E-state index is 0.499. The number of hydrogen-bond acceptors (Lipinski definition) is 2. The van der Waals surface area contributed by atoms with Crippen molar-refractivity contribution in [2.75, 3.05) is 19.6 Å². The van der Waals surface area contributed by atoms with Gasteiger partial charge in [-0.3, -0.25) is 4.90 Å². The third-order valence-corrected chi connectivity index (χ3v) is 5.62. The van der Waals surface area contributed by atoms with Gasteiger partial charge in [0.1, 0.15) is 0 Å². The van der Waals surface area contributed by atoms with E-state index in [9.17, 15) is 0 Å². The molecule has 2 fully saturated rings. The number of nitrogens with zero attached hydrogens (tertiary/aromatic N) is 1. The zero-order chi connectivity index (χ0) is 14.6. The van der Waals surface area contributed by atoms with Gasteiger partial charge in [0.15, 0.2) is 0 Å². The van der Waals surface area contributed by atoms with Gasteiger partial charge in [0.2, 0.25) is 0 Å². The van der Waals surface area contributed by atoms with Gasteiger partial charge < -0.3 is 5.32 Å². The van der Waals surface area contributed by atoms with E-state index in [-0.39, 0.29) is 0 Å². The molecule has 3 unspecified atom stereocenters. The lowest BCUT2D eigenvalue weighted by molar-refractivity contribution is 0.125. The average molecular weight is 280 g/mol. The van der Waals surface area contributed by atoms with E-state index in [1.165, 1.54) is 64.6 Å². The van der Waals surface area contributed by atoms with Gasteiger partial charge in [-0.25, -0.2) is 0 Å². The number of hydrogen-bond donors (Lipinski definition) is 1. The monoisotopic (exact) mass is 280 g/mol. The predicted molar refractivity (Wildman–Crippen MR) is 88.1 cm³/mol. The van der Waals surface area contributed by atoms with Crippen LogP contribution >= 0.6 is 0 Å². The van der Waals surface area contributed by atoms with Crippen molar-refractivity contribution in [1.29, 1.82) is 0 Å². The summed E-state index contributed by atoms with van der Waals surface area (Å²) >= 11 is 0. The van der Waals surface area contributed by atoms with E-state index in [4.69, 9.17) is 0 Å². The molecule has 0 radical (unpaired) electrons. The van der Waals surface area contributed by atoms with Gasteiger partial charge in [0.05, 0.1) is 0 Å². The number of rotatable bonds is 4. The average Bonchev–Trinajstić information content (AvgIpc) is 2.78. The van der Waals surface area contributed by atoms with Crippen molar-refractivity contribution in [2.24, 2.45) is 11.3 Å². The van der Waals surface area contributed by atoms with Crippen molar-refractivity contribution in [2.45, 2.75) is 84.7 Å². The van der Waals surface area contributed by atoms with Gasteiger partial charge in [-0.1, -0.05) is 34.1 Å². The maximum Gasteiger partial charge on any atom is 0.0235 e. The van der Waals surface area contributed by atoms with Crippen LogP contribution in [0.25, 0.3) is 0 Å². The molecule has 2 heteroatoms. The minimum absolute atomic E-state index is 0.499. The molecule has 1 aliphatic carbocycles. The first-order valence-corrected chi connectivity index (χ1v) is 8.99. The summed E-state index contributed by atoms with van der Waals surface area (Å²) in [6.45, 7) is 13.4. The van der Waals surface area contributed by atoms with Crippen LogP contribution in [0, 0.1) is 11.3 Å². The molecular formula is C18H36N2. The summed E-state index contributed by atoms with van der Waals surface area (Å²) < 4.78 is 0. The summed E-state index contributed by atoms with van der Waals surface area (Å²) in [5.74, 6) is 0.928. The van der Waals surface area contributed by atoms with Crippen LogP contribution in [-0.2, 0) is 0 Å². The molecule has 1 saturated carbocycles. The molecule has 1 heterocycles. The fourth-order valence-corrected chi connectivity index (χ4v) is 4.32. The molecule has 3 atom stereocenters. The smallest absolute Gasteiger partial charge is 0.0235 e. The zero-order valence-corrected chi connectivity index (χ0v) is 14.3. The summed E-state index contributed by atoms with van der Waals surface area (Å²) in [5, 5.41) is 3.56. The Morgan fingerprint density at radius 3 is 2.40 bits per heavy atom. The normalized spacial score (nSPS) is 32.5. The number of nitrogens with one attached hydrogen (secondary N) is 1. The van der Waals surface area contributed by atoms with E-state index in [2.05, 4.69) is 37.9 Å². The van der Waals surface area contributed by atoms with Crippen LogP contribution < -0.4 is 5.32 Å². The van der Waals surface area contributed by atoms with Gasteiger partial charge >= 0.3 is 0 Å². The van der Waals surface area contributed by atoms with Crippen molar-refractivity contribution >= 4 is 0 Å². The maximum atomic E-state index is 3.56. The molecule has 0 bridgehead atoms. The van der Waals surface area contributed by atoms with Gasteiger partial charge in [-0.15, -0.1) is 0 Å². The Balaban J connectivity index is 1.95. The fourth-order valence-electron chi connectivity index (χ4n) is 4.32. The molecule has 1 saturated heterocycles. The summed E-state index contributed by atoms with van der Waals surface area (Å²) in [5.41, 5.74) is 0.499. The Labute approximate surface area is 126 Å². The highest BCUT2D eigenvalue weighted by atomic mass is 15.2. The minimum Gasteiger partial charge on any atom is -0.315 e. The lowest BCUT2D eigenvalue weighted by Gasteiger charge is -2.36. The zero-order valence-electron chi connectivity index (χ0n) is 14.3. The molecule has 1 N–H and O–H groups in total. The Bertz CT molecular complexity index is 276. The van der Waals surface area contributed by atoms with Crippen LogP contribution in [0.1, 0.15) is 72.6 Å². The first-order chi connectivity index (χ1) is 9.52. The molecule has 0 aromatic rings. The molecule has 2 rings (SSSR count). The molecule has 0 spiro atoms. The first kappa shape index (κ1) is 16.3. The van der Waals surface area contributed by atoms with Crippen molar-refractivity contribution in [3.8, 4) is 0 Å². The first-order valence-electron chi connectivity index (χ1n) is 8.99. The summed E-state index contributed by atoms with van der Waals surface area (Å²) in [7, 11) is 0. The molecule has 118 valence electrons. The van der Waals surface area contributed by atoms with Crippen LogP contribution in [0.5, 0.6) is 0 Å². The molecule has 0 aromatic heterocycles. The van der Waals surface area contributed by atoms with Crippen LogP contribution in [0.3, 0.4) is 0 Å². The molecule has 1 aliphatic heterocycles. The van der Waals surface area contributed by atoms with Crippen molar-refractivity contribution in [1.82, 2.24) is 10.2 Å². The van der Waals surface area contributed by atoms with E-state index in [1.54, 1.807) is 0 Å². The second kappa shape index (κ2) is 7.26. The third kappa shape index (κ3) is 4.21. The Kier molecular flexibility index (Phi) is 5.92. The van der Waals surface area contributed by atoms with Crippen molar-refractivity contribution in [3.05, 3.63) is 0 Å². The van der Waals surface area contributed by atoms with Gasteiger partial charge in [-0.2, -0.15) is 0 Å². The topological polar surface area (TPSA) is 15.3 Å². The third-order valence-electron chi connectivity index (χ3n) is 5.62. The quantitative estimate of drug-likeness (QED) is 0.781. The standard InChI is InChI=1S/C18H36N2/c1-5-13-20(17-11-12-19-14-17)16-8-6-7-15(9-10-16)18(2,3)4/h15-17,19H,5-14H2,1-4H3. The fraction of sp³-hybridized carbons (Fsp3) is 1.00. The van der Waals surface area contributed by atoms with E-state index in [0.29, 0.717) is 5.41 Å². The lowest BCUT2D eigenvalue weighted by atomic mass is 9.76. The SMILES string of the molecule is CCCN(C1CCCC(C(C)(C)C)CC1)C1CCNC1. The lowest BCUT2D eigenvalue weighted by Crippen LogP contribution is -2.44. The van der Waals surface area contributed by atoms with Gasteiger partial charge in [-0.05, 0) is 62.9 Å². The highest BCUT2D eigenvalue weighted by Gasteiger charge is 2.32. The van der Waals surface area contributed by atoms with Crippen molar-refractivity contribution in [3.63, 3.8) is 0 Å². The Morgan fingerprint density at radius 1 is 1.00 bits per heavy atom. The van der Waals surface area contributed by atoms with Gasteiger partial charge in [0.25, 0.3) is 0 Å². The summed E-state index contributed by atoms with van der Waals surface area (Å²) in [4.78, 5) is 2.87. The molecular weight excluding hydrogens is 244 g/mol. The summed E-state index contributed by atoms with van der Waals surface area (Å²) in [6, 6.07) is 1.67. The van der Waals surface area contributed by atoms with E-state index in [1.807, 2.05) is 0 Å². The van der Waals surface area contributed by atoms with Crippen LogP contribution in [0.15, 0.2) is 0 Å². The predicted octanol–water partition coefficient (Wildman–Crippen LogP) is 4.06. The second-order valence-corrected chi connectivity index (χ2v) is 8.11. The summed E-state index contributed by atoms with van der Waals surface area (Å²) in [6.07, 6.45) is 9.85. The van der Waals surface area contributed by atoms with Crippen LogP contribution in [0.4, 0.5) is 0 Å². The van der Waals surface area contributed by atoms with E-state index < -0.39 is 0 Å². The maximum absolute atomic E-state index is 3.56. The van der Waals surface area contributed by atoms with E-state index >= 15 is 0 Å². The molecule has 20 heavy (non-hydrogen) atoms. The largest absolute Gasteiger partial charge is 0.315 e. The molecule has 2 aliphatic rings. The molecule has 0 aromatic carbocycles. The van der Waals surface area contributed by atoms with Crippen molar-refractivity contribution < 1.29 is 0 Å². The molecule has 2 nitrogen and oxygen atoms in total. The molecule has 0 amide bonds. The highest BCUT2D eigenvalue weighted by Crippen LogP contribution is 2.38. The Hall–Kier alpha value is -0.0800. The van der Waals surface area contributed by atoms with Crippen LogP contribution in [0.2, 0.25) is 0 Å². The highest BCUT2D eigenvalue weighted by molar-refractivity contribution is 4.88. The Morgan fingerprint density at radius 2 is 1.80 bits per heavy atom. The second-order valence-electron chi connectivity index (χ2n) is 8.11.